The standard InChI is InChI=1S/C13H19NO5S/c1-3-4-5-19-13(15)11-6-10(9-18-2)7-12(8-11)20(14,16)17/h6-8H,3-5,9H2,1-2H3,(H2,14,16,17). The first kappa shape index (κ1) is 16.6. The maximum Gasteiger partial charge on any atom is 0.338 e. The number of primary sulfonamides is 1. The van der Waals surface area contributed by atoms with E-state index in [1.54, 1.807) is 0 Å². The third-order valence-corrected chi connectivity index (χ3v) is 3.47. The minimum atomic E-state index is -3.89. The molecule has 0 bridgehead atoms. The third-order valence-electron chi connectivity index (χ3n) is 2.57. The molecule has 0 heterocycles. The van der Waals surface area contributed by atoms with Crippen LogP contribution >= 0.6 is 0 Å². The fourth-order valence-corrected chi connectivity index (χ4v) is 2.19. The van der Waals surface area contributed by atoms with Gasteiger partial charge in [-0.1, -0.05) is 13.3 Å². The van der Waals surface area contributed by atoms with Crippen LogP contribution < -0.4 is 5.14 Å². The average Bonchev–Trinajstić information content (AvgIpc) is 2.38. The van der Waals surface area contributed by atoms with Crippen molar-refractivity contribution in [2.75, 3.05) is 13.7 Å². The highest BCUT2D eigenvalue weighted by molar-refractivity contribution is 7.89. The van der Waals surface area contributed by atoms with Gasteiger partial charge in [0.25, 0.3) is 0 Å². The number of carbonyl (C=O) groups excluding carboxylic acids is 1. The molecule has 0 amide bonds. The van der Waals surface area contributed by atoms with E-state index in [4.69, 9.17) is 14.6 Å². The molecule has 20 heavy (non-hydrogen) atoms. The topological polar surface area (TPSA) is 95.7 Å². The molecule has 0 aromatic heterocycles. The molecule has 112 valence electrons. The van der Waals surface area contributed by atoms with Gasteiger partial charge in [0.1, 0.15) is 0 Å². The molecule has 0 saturated heterocycles. The van der Waals surface area contributed by atoms with Crippen molar-refractivity contribution in [3.8, 4) is 0 Å². The monoisotopic (exact) mass is 301 g/mol. The Labute approximate surface area is 118 Å². The first-order valence-corrected chi connectivity index (χ1v) is 7.76. The number of benzene rings is 1. The predicted octanol–water partition coefficient (Wildman–Crippen LogP) is 1.44. The number of nitrogens with two attached hydrogens (primary N) is 1. The molecule has 1 aromatic rings. The van der Waals surface area contributed by atoms with E-state index in [0.717, 1.165) is 12.8 Å². The van der Waals surface area contributed by atoms with E-state index < -0.39 is 16.0 Å². The van der Waals surface area contributed by atoms with E-state index in [1.807, 2.05) is 6.92 Å². The Balaban J connectivity index is 3.05. The minimum absolute atomic E-state index is 0.130. The third kappa shape index (κ3) is 4.92. The maximum absolute atomic E-state index is 11.9. The van der Waals surface area contributed by atoms with Gasteiger partial charge in [0.05, 0.1) is 23.7 Å². The Bertz CT molecular complexity index is 568. The molecule has 0 spiro atoms. The lowest BCUT2D eigenvalue weighted by Gasteiger charge is -2.08. The summed E-state index contributed by atoms with van der Waals surface area (Å²) in [6.45, 7) is 2.46. The molecule has 0 saturated carbocycles. The van der Waals surface area contributed by atoms with E-state index in [1.165, 1.54) is 25.3 Å². The van der Waals surface area contributed by atoms with Crippen molar-refractivity contribution in [1.82, 2.24) is 0 Å². The van der Waals surface area contributed by atoms with E-state index in [2.05, 4.69) is 0 Å². The summed E-state index contributed by atoms with van der Waals surface area (Å²) in [6.07, 6.45) is 1.66. The molecule has 2 N–H and O–H groups in total. The minimum Gasteiger partial charge on any atom is -0.462 e. The van der Waals surface area contributed by atoms with E-state index in [0.29, 0.717) is 12.2 Å². The van der Waals surface area contributed by atoms with E-state index in [-0.39, 0.29) is 17.1 Å². The van der Waals surface area contributed by atoms with Gasteiger partial charge in [-0.15, -0.1) is 0 Å². The van der Waals surface area contributed by atoms with Crippen LogP contribution in [0.4, 0.5) is 0 Å². The van der Waals surface area contributed by atoms with Gasteiger partial charge in [0.15, 0.2) is 0 Å². The van der Waals surface area contributed by atoms with Gasteiger partial charge >= 0.3 is 5.97 Å². The molecule has 7 heteroatoms. The van der Waals surface area contributed by atoms with Crippen molar-refractivity contribution in [3.05, 3.63) is 29.3 Å². The maximum atomic E-state index is 11.9. The molecule has 0 aliphatic heterocycles. The van der Waals surface area contributed by atoms with Crippen LogP contribution in [0, 0.1) is 0 Å². The molecule has 0 aliphatic rings. The molecule has 0 radical (unpaired) electrons. The number of hydrogen-bond donors (Lipinski definition) is 1. The Kier molecular flexibility index (Phi) is 6.12. The number of rotatable bonds is 7. The summed E-state index contributed by atoms with van der Waals surface area (Å²) >= 11 is 0. The number of carbonyl (C=O) groups is 1. The Morgan fingerprint density at radius 1 is 1.30 bits per heavy atom. The van der Waals surface area contributed by atoms with E-state index in [9.17, 15) is 13.2 Å². The average molecular weight is 301 g/mol. The highest BCUT2D eigenvalue weighted by atomic mass is 32.2. The van der Waals surface area contributed by atoms with Crippen LogP contribution in [0.3, 0.4) is 0 Å². The fourth-order valence-electron chi connectivity index (χ4n) is 1.59. The van der Waals surface area contributed by atoms with Crippen LogP contribution in [0.25, 0.3) is 0 Å². The number of unbranched alkanes of at least 4 members (excludes halogenated alkanes) is 1. The molecule has 1 rings (SSSR count). The summed E-state index contributed by atoms with van der Waals surface area (Å²) in [5.41, 5.74) is 0.696. The van der Waals surface area contributed by atoms with Gasteiger partial charge in [-0.05, 0) is 30.2 Å². The van der Waals surface area contributed by atoms with Crippen molar-refractivity contribution in [1.29, 1.82) is 0 Å². The lowest BCUT2D eigenvalue weighted by Crippen LogP contribution is -2.15. The molecular weight excluding hydrogens is 282 g/mol. The number of hydrogen-bond acceptors (Lipinski definition) is 5. The van der Waals surface area contributed by atoms with Gasteiger partial charge in [0.2, 0.25) is 10.0 Å². The quantitative estimate of drug-likeness (QED) is 0.607. The van der Waals surface area contributed by atoms with Crippen molar-refractivity contribution in [2.24, 2.45) is 5.14 Å². The zero-order valence-corrected chi connectivity index (χ0v) is 12.4. The van der Waals surface area contributed by atoms with Crippen molar-refractivity contribution in [3.63, 3.8) is 0 Å². The normalized spacial score (nSPS) is 11.3. The van der Waals surface area contributed by atoms with Gasteiger partial charge in [-0.2, -0.15) is 0 Å². The molecule has 6 nitrogen and oxygen atoms in total. The summed E-state index contributed by atoms with van der Waals surface area (Å²) in [5, 5.41) is 5.09. The largest absolute Gasteiger partial charge is 0.462 e. The van der Waals surface area contributed by atoms with Gasteiger partial charge in [-0.3, -0.25) is 0 Å². The van der Waals surface area contributed by atoms with Crippen LogP contribution in [0.15, 0.2) is 23.1 Å². The second kappa shape index (κ2) is 7.37. The van der Waals surface area contributed by atoms with Crippen molar-refractivity contribution >= 4 is 16.0 Å². The highest BCUT2D eigenvalue weighted by Gasteiger charge is 2.15. The lowest BCUT2D eigenvalue weighted by molar-refractivity contribution is 0.0499. The molecule has 1 aromatic carbocycles. The second-order valence-electron chi connectivity index (χ2n) is 4.33. The predicted molar refractivity (Wildman–Crippen MR) is 73.7 cm³/mol. The SMILES string of the molecule is CCCCOC(=O)c1cc(COC)cc(S(N)(=O)=O)c1. The zero-order chi connectivity index (χ0) is 15.2. The van der Waals surface area contributed by atoms with Crippen LogP contribution in [0.2, 0.25) is 0 Å². The van der Waals surface area contributed by atoms with Crippen molar-refractivity contribution < 1.29 is 22.7 Å². The summed E-state index contributed by atoms with van der Waals surface area (Å²) in [4.78, 5) is 11.7. The van der Waals surface area contributed by atoms with Crippen LogP contribution in [-0.4, -0.2) is 28.1 Å². The summed E-state index contributed by atoms with van der Waals surface area (Å²) in [5.74, 6) is -0.568. The molecule has 0 aliphatic carbocycles. The Morgan fingerprint density at radius 3 is 2.55 bits per heavy atom. The van der Waals surface area contributed by atoms with Crippen LogP contribution in [0.5, 0.6) is 0 Å². The van der Waals surface area contributed by atoms with Crippen LogP contribution in [0.1, 0.15) is 35.7 Å². The Hall–Kier alpha value is -1.44. The number of sulfonamides is 1. The zero-order valence-electron chi connectivity index (χ0n) is 11.6. The molecule has 0 atom stereocenters. The lowest BCUT2D eigenvalue weighted by atomic mass is 10.1. The Morgan fingerprint density at radius 2 is 2.00 bits per heavy atom. The summed E-state index contributed by atoms with van der Waals surface area (Å²) in [6, 6.07) is 4.12. The van der Waals surface area contributed by atoms with Gasteiger partial charge < -0.3 is 9.47 Å². The van der Waals surface area contributed by atoms with Crippen molar-refractivity contribution in [2.45, 2.75) is 31.3 Å². The van der Waals surface area contributed by atoms with E-state index >= 15 is 0 Å². The summed E-state index contributed by atoms with van der Waals surface area (Å²) in [7, 11) is -2.41. The summed E-state index contributed by atoms with van der Waals surface area (Å²) < 4.78 is 32.8. The smallest absolute Gasteiger partial charge is 0.338 e. The second-order valence-corrected chi connectivity index (χ2v) is 5.89. The molecular formula is C13H19NO5S. The first-order valence-electron chi connectivity index (χ1n) is 6.21. The fraction of sp³-hybridized carbons (Fsp3) is 0.462. The number of methoxy groups -OCH3 is 1. The molecule has 0 fully saturated rings. The first-order chi connectivity index (χ1) is 9.38. The van der Waals surface area contributed by atoms with Crippen LogP contribution in [-0.2, 0) is 26.1 Å². The number of ether oxygens (including phenoxy) is 2. The van der Waals surface area contributed by atoms with Gasteiger partial charge in [0, 0.05) is 7.11 Å². The highest BCUT2D eigenvalue weighted by Crippen LogP contribution is 2.16. The van der Waals surface area contributed by atoms with Gasteiger partial charge in [-0.25, -0.2) is 18.4 Å². The number of esters is 1. The molecule has 0 unspecified atom stereocenters.